The van der Waals surface area contributed by atoms with E-state index in [0.717, 1.165) is 0 Å². The lowest BCUT2D eigenvalue weighted by atomic mass is 10.1. The molecule has 1 amide bonds. The summed E-state index contributed by atoms with van der Waals surface area (Å²) in [4.78, 5) is 12.2. The van der Waals surface area contributed by atoms with Gasteiger partial charge in [-0.2, -0.15) is 0 Å². The number of hydrogen-bond donors (Lipinski definition) is 1. The molecule has 1 N–H and O–H groups in total. The lowest BCUT2D eigenvalue weighted by Gasteiger charge is -2.08. The normalized spacial score (nSPS) is 12.2. The van der Waals surface area contributed by atoms with Crippen molar-refractivity contribution in [1.29, 1.82) is 0 Å². The summed E-state index contributed by atoms with van der Waals surface area (Å²) < 4.78 is 18.3. The second-order valence-corrected chi connectivity index (χ2v) is 5.38. The van der Waals surface area contributed by atoms with E-state index >= 15 is 0 Å². The molecule has 0 radical (unpaired) electrons. The highest BCUT2D eigenvalue weighted by atomic mass is 35.5. The van der Waals surface area contributed by atoms with Crippen molar-refractivity contribution in [3.63, 3.8) is 0 Å². The van der Waals surface area contributed by atoms with Crippen LogP contribution in [-0.2, 0) is 6.54 Å². The molecule has 1 atom stereocenters. The number of aromatic nitrogens is 1. The molecule has 1 unspecified atom stereocenters. The van der Waals surface area contributed by atoms with Crippen LogP contribution in [0, 0.1) is 6.92 Å². The predicted octanol–water partition coefficient (Wildman–Crippen LogP) is 4.25. The molecule has 0 aliphatic heterocycles. The third-order valence-corrected chi connectivity index (χ3v) is 3.53. The Kier molecular flexibility index (Phi) is 4.85. The van der Waals surface area contributed by atoms with E-state index in [1.54, 1.807) is 25.1 Å². The molecule has 0 saturated heterocycles. The Hall–Kier alpha value is -1.59. The maximum absolute atomic E-state index is 13.4. The molecule has 0 spiro atoms. The van der Waals surface area contributed by atoms with Crippen molar-refractivity contribution in [2.75, 3.05) is 0 Å². The van der Waals surface area contributed by atoms with Crippen molar-refractivity contribution in [1.82, 2.24) is 10.5 Å². The summed E-state index contributed by atoms with van der Waals surface area (Å²) in [7, 11) is 0. The maximum Gasteiger partial charge on any atom is 0.257 e. The van der Waals surface area contributed by atoms with E-state index in [2.05, 4.69) is 10.5 Å². The molecule has 4 nitrogen and oxygen atoms in total. The van der Waals surface area contributed by atoms with Crippen LogP contribution in [0.25, 0.3) is 0 Å². The van der Waals surface area contributed by atoms with Crippen molar-refractivity contribution >= 4 is 29.1 Å². The molecule has 0 aliphatic carbocycles. The molecule has 21 heavy (non-hydrogen) atoms. The minimum atomic E-state index is -1.39. The van der Waals surface area contributed by atoms with Gasteiger partial charge < -0.3 is 9.84 Å². The van der Waals surface area contributed by atoms with Crippen LogP contribution in [-0.4, -0.2) is 11.1 Å². The fraction of sp³-hybridized carbons (Fsp3) is 0.286. The van der Waals surface area contributed by atoms with Crippen LogP contribution in [0.1, 0.15) is 40.5 Å². The van der Waals surface area contributed by atoms with E-state index < -0.39 is 12.1 Å². The lowest BCUT2D eigenvalue weighted by Crippen LogP contribution is -2.24. The summed E-state index contributed by atoms with van der Waals surface area (Å²) in [5, 5.41) is 7.19. The molecule has 0 bridgehead atoms. The van der Waals surface area contributed by atoms with Crippen LogP contribution in [0.5, 0.6) is 0 Å². The molecular formula is C14H13Cl2FN2O2. The first-order chi connectivity index (χ1) is 9.90. The first-order valence-corrected chi connectivity index (χ1v) is 6.98. The Balaban J connectivity index is 2.14. The van der Waals surface area contributed by atoms with Gasteiger partial charge in [0.1, 0.15) is 23.2 Å². The van der Waals surface area contributed by atoms with Crippen molar-refractivity contribution in [3.05, 3.63) is 50.8 Å². The molecular weight excluding hydrogens is 318 g/mol. The average molecular weight is 331 g/mol. The quantitative estimate of drug-likeness (QED) is 0.911. The monoisotopic (exact) mass is 330 g/mol. The van der Waals surface area contributed by atoms with Gasteiger partial charge in [-0.25, -0.2) is 4.39 Å². The van der Waals surface area contributed by atoms with Crippen LogP contribution in [0.15, 0.2) is 22.7 Å². The van der Waals surface area contributed by atoms with Gasteiger partial charge in [-0.05, 0) is 31.5 Å². The Morgan fingerprint density at radius 2 is 2.19 bits per heavy atom. The highest BCUT2D eigenvalue weighted by molar-refractivity contribution is 6.35. The Morgan fingerprint density at radius 1 is 1.48 bits per heavy atom. The fourth-order valence-electron chi connectivity index (χ4n) is 1.87. The average Bonchev–Trinajstić information content (AvgIpc) is 2.79. The highest BCUT2D eigenvalue weighted by Crippen LogP contribution is 2.24. The molecule has 1 aromatic heterocycles. The topological polar surface area (TPSA) is 55.1 Å². The molecule has 1 aromatic carbocycles. The number of nitrogens with one attached hydrogen (secondary N) is 1. The van der Waals surface area contributed by atoms with Crippen LogP contribution in [0.4, 0.5) is 4.39 Å². The Bertz CT molecular complexity index is 671. The first kappa shape index (κ1) is 15.8. The van der Waals surface area contributed by atoms with Crippen molar-refractivity contribution in [3.8, 4) is 0 Å². The molecule has 2 aromatic rings. The van der Waals surface area contributed by atoms with E-state index in [9.17, 15) is 9.18 Å². The van der Waals surface area contributed by atoms with Gasteiger partial charge in [0, 0.05) is 16.6 Å². The minimum Gasteiger partial charge on any atom is -0.360 e. The highest BCUT2D eigenvalue weighted by Gasteiger charge is 2.24. The minimum absolute atomic E-state index is 0.00722. The molecule has 0 fully saturated rings. The molecule has 7 heteroatoms. The summed E-state index contributed by atoms with van der Waals surface area (Å²) in [5.41, 5.74) is 0.820. The van der Waals surface area contributed by atoms with Crippen LogP contribution >= 0.6 is 23.2 Å². The molecule has 0 aliphatic rings. The Morgan fingerprint density at radius 3 is 2.81 bits per heavy atom. The largest absolute Gasteiger partial charge is 0.360 e. The summed E-state index contributed by atoms with van der Waals surface area (Å²) in [5.74, 6) is -0.187. The van der Waals surface area contributed by atoms with Gasteiger partial charge in [0.2, 0.25) is 0 Å². The zero-order valence-electron chi connectivity index (χ0n) is 11.4. The number of amides is 1. The molecule has 2 rings (SSSR count). The smallest absolute Gasteiger partial charge is 0.257 e. The van der Waals surface area contributed by atoms with Crippen molar-refractivity contribution in [2.24, 2.45) is 0 Å². The molecule has 112 valence electrons. The van der Waals surface area contributed by atoms with E-state index in [1.165, 1.54) is 6.92 Å². The number of alkyl halides is 1. The zero-order valence-corrected chi connectivity index (χ0v) is 12.9. The third-order valence-electron chi connectivity index (χ3n) is 2.95. The number of carbonyl (C=O) groups excluding carboxylic acids is 1. The predicted molar refractivity (Wildman–Crippen MR) is 78.4 cm³/mol. The fourth-order valence-corrected chi connectivity index (χ4v) is 2.34. The second-order valence-electron chi connectivity index (χ2n) is 4.53. The Labute approximate surface area is 131 Å². The number of halogens is 3. The first-order valence-electron chi connectivity index (χ1n) is 6.22. The van der Waals surface area contributed by atoms with Gasteiger partial charge in [0.25, 0.3) is 5.91 Å². The van der Waals surface area contributed by atoms with E-state index in [-0.39, 0.29) is 23.6 Å². The van der Waals surface area contributed by atoms with Gasteiger partial charge in [0.05, 0.1) is 0 Å². The number of nitrogens with zero attached hydrogens (tertiary/aromatic N) is 1. The van der Waals surface area contributed by atoms with Gasteiger partial charge in [-0.15, -0.1) is 0 Å². The summed E-state index contributed by atoms with van der Waals surface area (Å²) in [6.07, 6.45) is -1.39. The summed E-state index contributed by atoms with van der Waals surface area (Å²) in [6.45, 7) is 3.05. The van der Waals surface area contributed by atoms with Gasteiger partial charge >= 0.3 is 0 Å². The van der Waals surface area contributed by atoms with Gasteiger partial charge in [0.15, 0.2) is 0 Å². The van der Waals surface area contributed by atoms with E-state index in [4.69, 9.17) is 27.7 Å². The van der Waals surface area contributed by atoms with Crippen molar-refractivity contribution in [2.45, 2.75) is 26.6 Å². The second kappa shape index (κ2) is 6.45. The van der Waals surface area contributed by atoms with Crippen LogP contribution in [0.2, 0.25) is 10.0 Å². The van der Waals surface area contributed by atoms with Crippen LogP contribution in [0.3, 0.4) is 0 Å². The van der Waals surface area contributed by atoms with E-state index in [0.29, 0.717) is 15.6 Å². The number of benzene rings is 1. The third kappa shape index (κ3) is 3.54. The number of carbonyl (C=O) groups is 1. The molecule has 0 saturated carbocycles. The number of aryl methyl sites for hydroxylation is 1. The standard InChI is InChI=1S/C14H13Cl2FN2O2/c1-7(17)13-12(8(2)21-19-13)14(20)18-6-9-3-4-10(15)5-11(9)16/h3-5,7H,6H2,1-2H3,(H,18,20). The van der Waals surface area contributed by atoms with Crippen LogP contribution < -0.4 is 5.32 Å². The molecule has 1 heterocycles. The van der Waals surface area contributed by atoms with Gasteiger partial charge in [-0.1, -0.05) is 34.4 Å². The lowest BCUT2D eigenvalue weighted by molar-refractivity contribution is 0.0947. The summed E-state index contributed by atoms with van der Waals surface area (Å²) >= 11 is 11.8. The summed E-state index contributed by atoms with van der Waals surface area (Å²) in [6, 6.07) is 4.98. The van der Waals surface area contributed by atoms with Crippen molar-refractivity contribution < 1.29 is 13.7 Å². The number of hydrogen-bond acceptors (Lipinski definition) is 3. The van der Waals surface area contributed by atoms with Gasteiger partial charge in [-0.3, -0.25) is 4.79 Å². The number of rotatable bonds is 4. The maximum atomic E-state index is 13.4. The SMILES string of the molecule is Cc1onc(C(C)F)c1C(=O)NCc1ccc(Cl)cc1Cl. The zero-order chi connectivity index (χ0) is 15.6. The van der Waals surface area contributed by atoms with E-state index in [1.807, 2.05) is 0 Å².